The number of hydrogen-bond donors (Lipinski definition) is 1. The van der Waals surface area contributed by atoms with E-state index in [4.69, 9.17) is 28.9 Å². The van der Waals surface area contributed by atoms with Crippen LogP contribution in [0.1, 0.15) is 13.3 Å². The van der Waals surface area contributed by atoms with Crippen molar-refractivity contribution < 1.29 is 0 Å². The van der Waals surface area contributed by atoms with Gasteiger partial charge in [-0.15, -0.1) is 12.4 Å². The molecular weight excluding hydrogens is 156 g/mol. The summed E-state index contributed by atoms with van der Waals surface area (Å²) in [5.41, 5.74) is 5.07. The summed E-state index contributed by atoms with van der Waals surface area (Å²) in [5, 5.41) is 0. The summed E-state index contributed by atoms with van der Waals surface area (Å²) in [6.07, 6.45) is 0.579. The Morgan fingerprint density at radius 2 is 1.71 bits per heavy atom. The lowest BCUT2D eigenvalue weighted by atomic mass is 10.5. The molecule has 0 saturated carbocycles. The maximum absolute atomic E-state index is 5.26. The summed E-state index contributed by atoms with van der Waals surface area (Å²) in [6.45, 7) is 1.82. The molecule has 0 aromatic rings. The van der Waals surface area contributed by atoms with Gasteiger partial charge in [-0.2, -0.15) is 0 Å². The molecule has 0 radical (unpaired) electrons. The van der Waals surface area contributed by atoms with Gasteiger partial charge in [0.25, 0.3) is 0 Å². The number of alkyl halides is 2. The monoisotopic (exact) mass is 163 g/mol. The third-order valence-corrected chi connectivity index (χ3v) is 1.01. The molecule has 0 aromatic heterocycles. The van der Waals surface area contributed by atoms with E-state index in [1.807, 2.05) is 6.92 Å². The van der Waals surface area contributed by atoms with Gasteiger partial charge in [-0.1, -0.05) is 30.1 Å². The van der Waals surface area contributed by atoms with Crippen LogP contribution in [0.15, 0.2) is 0 Å². The Balaban J connectivity index is 0. The highest BCUT2D eigenvalue weighted by Crippen LogP contribution is 2.15. The number of nitrogens with two attached hydrogens (primary N) is 1. The first-order valence-corrected chi connectivity index (χ1v) is 2.48. The highest BCUT2D eigenvalue weighted by molar-refractivity contribution is 6.47. The van der Waals surface area contributed by atoms with Crippen LogP contribution >= 0.6 is 35.6 Å². The van der Waals surface area contributed by atoms with Crippen LogP contribution in [0.25, 0.3) is 0 Å². The van der Waals surface area contributed by atoms with Crippen molar-refractivity contribution in [3.05, 3.63) is 0 Å². The molecule has 46 valence electrons. The van der Waals surface area contributed by atoms with Crippen LogP contribution in [0.2, 0.25) is 0 Å². The molecule has 0 aliphatic heterocycles. The van der Waals surface area contributed by atoms with Crippen molar-refractivity contribution >= 4 is 35.6 Å². The third kappa shape index (κ3) is 10.9. The van der Waals surface area contributed by atoms with Gasteiger partial charge in [-0.25, -0.2) is 0 Å². The van der Waals surface area contributed by atoms with Gasteiger partial charge in [0, 0.05) is 0 Å². The minimum Gasteiger partial charge on any atom is -0.300 e. The zero-order chi connectivity index (χ0) is 5.21. The molecule has 1 nitrogen and oxygen atoms in total. The Hall–Kier alpha value is 0.830. The van der Waals surface area contributed by atoms with Gasteiger partial charge in [-0.05, 0) is 6.42 Å². The van der Waals surface area contributed by atoms with Crippen molar-refractivity contribution in [3.8, 4) is 0 Å². The van der Waals surface area contributed by atoms with Crippen molar-refractivity contribution in [2.75, 3.05) is 0 Å². The normalized spacial score (nSPS) is 10.3. The van der Waals surface area contributed by atoms with Gasteiger partial charge in [0.15, 0.2) is 4.46 Å². The summed E-state index contributed by atoms with van der Waals surface area (Å²) in [7, 11) is 0. The molecule has 4 heteroatoms. The summed E-state index contributed by atoms with van der Waals surface area (Å²) in [5.74, 6) is 0. The highest BCUT2D eigenvalue weighted by atomic mass is 35.5. The van der Waals surface area contributed by atoms with E-state index in [1.54, 1.807) is 0 Å². The molecule has 2 N–H and O–H groups in total. The van der Waals surface area contributed by atoms with Gasteiger partial charge in [0.05, 0.1) is 0 Å². The fraction of sp³-hybridized carbons (Fsp3) is 1.00. The average molecular weight is 164 g/mol. The summed E-state index contributed by atoms with van der Waals surface area (Å²) in [4.78, 5) is 0. The van der Waals surface area contributed by atoms with Gasteiger partial charge >= 0.3 is 0 Å². The molecule has 0 atom stereocenters. The summed E-state index contributed by atoms with van der Waals surface area (Å²) < 4.78 is -1.01. The van der Waals surface area contributed by atoms with Gasteiger partial charge in [0.2, 0.25) is 0 Å². The van der Waals surface area contributed by atoms with E-state index in [9.17, 15) is 0 Å². The lowest BCUT2D eigenvalue weighted by Gasteiger charge is -2.06. The molecule has 0 spiro atoms. The van der Waals surface area contributed by atoms with E-state index in [0.29, 0.717) is 6.42 Å². The van der Waals surface area contributed by atoms with E-state index in [-0.39, 0.29) is 12.4 Å². The second-order valence-electron chi connectivity index (χ2n) is 1.11. The van der Waals surface area contributed by atoms with Crippen molar-refractivity contribution in [2.45, 2.75) is 17.8 Å². The second kappa shape index (κ2) is 3.79. The number of rotatable bonds is 1. The summed E-state index contributed by atoms with van der Waals surface area (Å²) in [6, 6.07) is 0. The van der Waals surface area contributed by atoms with Gasteiger partial charge < -0.3 is 5.73 Å². The zero-order valence-electron chi connectivity index (χ0n) is 3.95. The van der Waals surface area contributed by atoms with E-state index in [0.717, 1.165) is 0 Å². The Morgan fingerprint density at radius 3 is 1.71 bits per heavy atom. The first-order valence-electron chi connectivity index (χ1n) is 1.73. The Labute approximate surface area is 59.6 Å². The SMILES string of the molecule is CCC(N)(Cl)Cl.Cl. The molecule has 0 amide bonds. The van der Waals surface area contributed by atoms with Gasteiger partial charge in [-0.3, -0.25) is 0 Å². The van der Waals surface area contributed by atoms with Crippen LogP contribution in [-0.2, 0) is 0 Å². The highest BCUT2D eigenvalue weighted by Gasteiger charge is 2.10. The van der Waals surface area contributed by atoms with E-state index < -0.39 is 4.46 Å². The fourth-order valence-electron chi connectivity index (χ4n) is 0. The molecular formula is C3H8Cl3N. The van der Waals surface area contributed by atoms with Crippen LogP contribution < -0.4 is 5.73 Å². The van der Waals surface area contributed by atoms with Crippen molar-refractivity contribution in [3.63, 3.8) is 0 Å². The van der Waals surface area contributed by atoms with E-state index in [2.05, 4.69) is 0 Å². The molecule has 0 aromatic carbocycles. The van der Waals surface area contributed by atoms with Crippen LogP contribution in [-0.4, -0.2) is 4.46 Å². The lowest BCUT2D eigenvalue weighted by Crippen LogP contribution is -2.23. The molecule has 0 unspecified atom stereocenters. The molecule has 0 rings (SSSR count). The first-order chi connectivity index (χ1) is 2.56. The second-order valence-corrected chi connectivity index (χ2v) is 2.66. The molecule has 0 aliphatic carbocycles. The van der Waals surface area contributed by atoms with Crippen molar-refractivity contribution in [2.24, 2.45) is 5.73 Å². The van der Waals surface area contributed by atoms with E-state index >= 15 is 0 Å². The Kier molecular flexibility index (Phi) is 5.81. The minimum absolute atomic E-state index is 0. The molecule has 0 fully saturated rings. The Bertz CT molecular complexity index is 39.9. The van der Waals surface area contributed by atoms with Crippen molar-refractivity contribution in [1.29, 1.82) is 0 Å². The lowest BCUT2D eigenvalue weighted by molar-refractivity contribution is 0.784. The average Bonchev–Trinajstić information content (AvgIpc) is 1.35. The Morgan fingerprint density at radius 1 is 1.57 bits per heavy atom. The molecule has 0 saturated heterocycles. The predicted octanol–water partition coefficient (Wildman–Crippen LogP) is 1.91. The van der Waals surface area contributed by atoms with E-state index in [1.165, 1.54) is 0 Å². The molecule has 0 bridgehead atoms. The fourth-order valence-corrected chi connectivity index (χ4v) is 0. The quantitative estimate of drug-likeness (QED) is 0.465. The smallest absolute Gasteiger partial charge is 0.166 e. The predicted molar refractivity (Wildman–Crippen MR) is 36.2 cm³/mol. The largest absolute Gasteiger partial charge is 0.300 e. The number of hydrogen-bond acceptors (Lipinski definition) is 1. The van der Waals surface area contributed by atoms with Crippen LogP contribution in [0.3, 0.4) is 0 Å². The molecule has 0 heterocycles. The maximum Gasteiger partial charge on any atom is 0.166 e. The van der Waals surface area contributed by atoms with Crippen LogP contribution in [0, 0.1) is 0 Å². The zero-order valence-corrected chi connectivity index (χ0v) is 6.28. The van der Waals surface area contributed by atoms with Crippen molar-refractivity contribution in [1.82, 2.24) is 0 Å². The van der Waals surface area contributed by atoms with Crippen LogP contribution in [0.5, 0.6) is 0 Å². The van der Waals surface area contributed by atoms with Crippen LogP contribution in [0.4, 0.5) is 0 Å². The maximum atomic E-state index is 5.26. The standard InChI is InChI=1S/C3H7Cl2N.ClH/c1-2-3(4,5)6;/h2,6H2,1H3;1H. The minimum atomic E-state index is -1.01. The molecule has 7 heavy (non-hydrogen) atoms. The third-order valence-electron chi connectivity index (χ3n) is 0.471. The first kappa shape index (κ1) is 10.7. The molecule has 0 aliphatic rings. The summed E-state index contributed by atoms with van der Waals surface area (Å²) >= 11 is 10.5. The number of halogens is 3. The van der Waals surface area contributed by atoms with Gasteiger partial charge in [0.1, 0.15) is 0 Å². The topological polar surface area (TPSA) is 26.0 Å².